The van der Waals surface area contributed by atoms with E-state index in [0.29, 0.717) is 5.92 Å². The summed E-state index contributed by atoms with van der Waals surface area (Å²) in [5.74, 6) is 0.458. The number of thiophene rings is 1. The van der Waals surface area contributed by atoms with Crippen molar-refractivity contribution >= 4 is 11.3 Å². The van der Waals surface area contributed by atoms with Gasteiger partial charge in [-0.05, 0) is 24.4 Å². The van der Waals surface area contributed by atoms with Gasteiger partial charge in [0.25, 0.3) is 0 Å². The van der Waals surface area contributed by atoms with Gasteiger partial charge in [0.05, 0.1) is 0 Å². The van der Waals surface area contributed by atoms with Crippen LogP contribution in [0.1, 0.15) is 17.2 Å². The third-order valence-electron chi connectivity index (χ3n) is 1.67. The molecule has 0 radical (unpaired) electrons. The van der Waals surface area contributed by atoms with E-state index in [1.54, 1.807) is 11.3 Å². The largest absolute Gasteiger partial charge is 0.330 e. The molecule has 0 bridgehead atoms. The van der Waals surface area contributed by atoms with Gasteiger partial charge in [0, 0.05) is 10.8 Å². The minimum atomic E-state index is 0.458. The number of rotatable bonds is 4. The summed E-state index contributed by atoms with van der Waals surface area (Å²) in [5, 5.41) is 2.09. The fraction of sp³-hybridized carbons (Fsp3) is 0.333. The highest BCUT2D eigenvalue weighted by Crippen LogP contribution is 2.24. The van der Waals surface area contributed by atoms with Crippen molar-refractivity contribution < 1.29 is 0 Å². The van der Waals surface area contributed by atoms with Crippen LogP contribution in [0.2, 0.25) is 0 Å². The Kier molecular flexibility index (Phi) is 3.33. The molecule has 0 amide bonds. The summed E-state index contributed by atoms with van der Waals surface area (Å²) in [6.07, 6.45) is 2.97. The molecule has 1 atom stereocenters. The molecule has 1 heterocycles. The summed E-state index contributed by atoms with van der Waals surface area (Å²) < 4.78 is 0. The van der Waals surface area contributed by atoms with Gasteiger partial charge in [0.1, 0.15) is 0 Å². The number of nitrogens with two attached hydrogens (primary N) is 1. The van der Waals surface area contributed by atoms with E-state index in [2.05, 4.69) is 24.1 Å². The highest BCUT2D eigenvalue weighted by Gasteiger charge is 2.05. The molecule has 0 spiro atoms. The summed E-state index contributed by atoms with van der Waals surface area (Å²) in [5.41, 5.74) is 5.47. The summed E-state index contributed by atoms with van der Waals surface area (Å²) in [6.45, 7) is 4.52. The van der Waals surface area contributed by atoms with Gasteiger partial charge in [-0.3, -0.25) is 0 Å². The number of allylic oxidation sites excluding steroid dienone is 1. The van der Waals surface area contributed by atoms with Gasteiger partial charge < -0.3 is 5.73 Å². The summed E-state index contributed by atoms with van der Waals surface area (Å²) in [6, 6.07) is 4.19. The van der Waals surface area contributed by atoms with E-state index in [1.165, 1.54) is 4.88 Å². The van der Waals surface area contributed by atoms with E-state index >= 15 is 0 Å². The second kappa shape index (κ2) is 4.31. The zero-order chi connectivity index (χ0) is 8.10. The molecule has 11 heavy (non-hydrogen) atoms. The van der Waals surface area contributed by atoms with Crippen LogP contribution >= 0.6 is 11.3 Å². The van der Waals surface area contributed by atoms with Crippen LogP contribution in [0.3, 0.4) is 0 Å². The first kappa shape index (κ1) is 8.50. The molecule has 0 aliphatic carbocycles. The SMILES string of the molecule is C=C[C@H](CCN)c1cccs1. The quantitative estimate of drug-likeness (QED) is 0.684. The molecule has 0 aromatic carbocycles. The highest BCUT2D eigenvalue weighted by molar-refractivity contribution is 7.10. The maximum absolute atomic E-state index is 5.47. The van der Waals surface area contributed by atoms with E-state index in [0.717, 1.165) is 13.0 Å². The molecule has 1 aromatic heterocycles. The van der Waals surface area contributed by atoms with Gasteiger partial charge in [-0.1, -0.05) is 12.1 Å². The zero-order valence-corrected chi connectivity index (χ0v) is 7.31. The van der Waals surface area contributed by atoms with Gasteiger partial charge in [-0.25, -0.2) is 0 Å². The van der Waals surface area contributed by atoms with Gasteiger partial charge >= 0.3 is 0 Å². The van der Waals surface area contributed by atoms with E-state index in [1.807, 2.05) is 6.08 Å². The lowest BCUT2D eigenvalue weighted by atomic mass is 10.0. The number of hydrogen-bond donors (Lipinski definition) is 1. The normalized spacial score (nSPS) is 12.8. The second-order valence-corrected chi connectivity index (χ2v) is 3.41. The summed E-state index contributed by atoms with van der Waals surface area (Å²) in [7, 11) is 0. The van der Waals surface area contributed by atoms with Crippen molar-refractivity contribution in [2.75, 3.05) is 6.54 Å². The molecule has 1 aromatic rings. The molecule has 0 fully saturated rings. The van der Waals surface area contributed by atoms with Crippen LogP contribution in [-0.2, 0) is 0 Å². The zero-order valence-electron chi connectivity index (χ0n) is 6.49. The van der Waals surface area contributed by atoms with Crippen LogP contribution in [0, 0.1) is 0 Å². The average Bonchev–Trinajstić information content (AvgIpc) is 2.52. The molecule has 60 valence electrons. The van der Waals surface area contributed by atoms with Crippen molar-refractivity contribution in [2.45, 2.75) is 12.3 Å². The first-order valence-corrected chi connectivity index (χ1v) is 4.62. The van der Waals surface area contributed by atoms with E-state index < -0.39 is 0 Å². The van der Waals surface area contributed by atoms with E-state index in [4.69, 9.17) is 5.73 Å². The Bertz CT molecular complexity index is 203. The Morgan fingerprint density at radius 3 is 3.00 bits per heavy atom. The van der Waals surface area contributed by atoms with Crippen LogP contribution in [0.25, 0.3) is 0 Å². The molecule has 1 nitrogen and oxygen atoms in total. The van der Waals surface area contributed by atoms with Crippen molar-refractivity contribution in [2.24, 2.45) is 5.73 Å². The monoisotopic (exact) mass is 167 g/mol. The third-order valence-corrected chi connectivity index (χ3v) is 2.68. The summed E-state index contributed by atoms with van der Waals surface area (Å²) in [4.78, 5) is 1.37. The predicted molar refractivity (Wildman–Crippen MR) is 50.9 cm³/mol. The van der Waals surface area contributed by atoms with Crippen LogP contribution in [-0.4, -0.2) is 6.54 Å². The molecule has 0 aliphatic rings. The molecule has 2 N–H and O–H groups in total. The fourth-order valence-corrected chi connectivity index (χ4v) is 1.92. The Balaban J connectivity index is 2.63. The smallest absolute Gasteiger partial charge is 0.0122 e. The minimum absolute atomic E-state index is 0.458. The maximum atomic E-state index is 5.47. The van der Waals surface area contributed by atoms with Crippen LogP contribution in [0.4, 0.5) is 0 Å². The first-order chi connectivity index (χ1) is 5.38. The molecule has 0 aliphatic heterocycles. The van der Waals surface area contributed by atoms with Gasteiger partial charge in [-0.2, -0.15) is 0 Å². The van der Waals surface area contributed by atoms with Crippen molar-refractivity contribution in [1.82, 2.24) is 0 Å². The van der Waals surface area contributed by atoms with Gasteiger partial charge in [-0.15, -0.1) is 17.9 Å². The van der Waals surface area contributed by atoms with Gasteiger partial charge in [0.2, 0.25) is 0 Å². The lowest BCUT2D eigenvalue weighted by molar-refractivity contribution is 0.760. The minimum Gasteiger partial charge on any atom is -0.330 e. The molecular formula is C9H13NS. The lowest BCUT2D eigenvalue weighted by Crippen LogP contribution is -2.03. The fourth-order valence-electron chi connectivity index (χ4n) is 1.06. The Labute approximate surface area is 71.5 Å². The maximum Gasteiger partial charge on any atom is 0.0122 e. The standard InChI is InChI=1S/C9H13NS/c1-2-8(5-6-10)9-4-3-7-11-9/h2-4,7-8H,1,5-6,10H2/t8-/m1/s1. The van der Waals surface area contributed by atoms with Crippen molar-refractivity contribution in [3.63, 3.8) is 0 Å². The van der Waals surface area contributed by atoms with Crippen LogP contribution in [0.5, 0.6) is 0 Å². The molecule has 1 rings (SSSR count). The van der Waals surface area contributed by atoms with E-state index in [9.17, 15) is 0 Å². The number of hydrogen-bond acceptors (Lipinski definition) is 2. The molecule has 0 saturated heterocycles. The topological polar surface area (TPSA) is 26.0 Å². The van der Waals surface area contributed by atoms with Crippen LogP contribution in [0.15, 0.2) is 30.2 Å². The Morgan fingerprint density at radius 1 is 1.73 bits per heavy atom. The Morgan fingerprint density at radius 2 is 2.55 bits per heavy atom. The molecule has 0 unspecified atom stereocenters. The molecular weight excluding hydrogens is 154 g/mol. The average molecular weight is 167 g/mol. The first-order valence-electron chi connectivity index (χ1n) is 3.74. The predicted octanol–water partition coefficient (Wildman–Crippen LogP) is 2.37. The molecule has 2 heteroatoms. The van der Waals surface area contributed by atoms with Crippen LogP contribution < -0.4 is 5.73 Å². The van der Waals surface area contributed by atoms with Crippen molar-refractivity contribution in [3.8, 4) is 0 Å². The third kappa shape index (κ3) is 2.17. The molecule has 0 saturated carbocycles. The van der Waals surface area contributed by atoms with E-state index in [-0.39, 0.29) is 0 Å². The lowest BCUT2D eigenvalue weighted by Gasteiger charge is -2.06. The Hall–Kier alpha value is -0.600. The highest BCUT2D eigenvalue weighted by atomic mass is 32.1. The summed E-state index contributed by atoms with van der Waals surface area (Å²) >= 11 is 1.77. The van der Waals surface area contributed by atoms with Crippen molar-refractivity contribution in [3.05, 3.63) is 35.0 Å². The van der Waals surface area contributed by atoms with Crippen molar-refractivity contribution in [1.29, 1.82) is 0 Å². The van der Waals surface area contributed by atoms with Gasteiger partial charge in [0.15, 0.2) is 0 Å². The second-order valence-electron chi connectivity index (χ2n) is 2.43.